The maximum absolute atomic E-state index is 4.22. The number of aryl methyl sites for hydroxylation is 1. The fourth-order valence-corrected chi connectivity index (χ4v) is 3.20. The minimum absolute atomic E-state index is 0.771. The molecule has 3 rings (SSSR count). The molecule has 0 N–H and O–H groups in total. The Labute approximate surface area is 121 Å². The number of hydrogen-bond acceptors (Lipinski definition) is 2. The van der Waals surface area contributed by atoms with Gasteiger partial charge in [0.2, 0.25) is 0 Å². The lowest BCUT2D eigenvalue weighted by Gasteiger charge is -2.32. The predicted octanol–water partition coefficient (Wildman–Crippen LogP) is 2.87. The molecule has 3 nitrogen and oxygen atoms in total. The molecule has 2 aromatic heterocycles. The molecule has 1 fully saturated rings. The Bertz CT molecular complexity index is 532. The molecule has 0 aromatic carbocycles. The van der Waals surface area contributed by atoms with E-state index in [0.717, 1.165) is 18.9 Å². The standard InChI is InChI=1S/C17H23N3/c1-19-9-4-7-17(19)14-20-10-3-6-16(13-20)11-15-5-2-8-18-12-15/h2,4-5,7-9,12,16H,3,6,10-11,13-14H2,1H3. The molecule has 0 spiro atoms. The summed E-state index contributed by atoms with van der Waals surface area (Å²) in [7, 11) is 2.13. The van der Waals surface area contributed by atoms with Gasteiger partial charge >= 0.3 is 0 Å². The highest BCUT2D eigenvalue weighted by Crippen LogP contribution is 2.22. The largest absolute Gasteiger partial charge is 0.353 e. The van der Waals surface area contributed by atoms with Gasteiger partial charge in [0, 0.05) is 44.4 Å². The molecule has 2 aromatic rings. The van der Waals surface area contributed by atoms with Crippen molar-refractivity contribution in [2.24, 2.45) is 13.0 Å². The summed E-state index contributed by atoms with van der Waals surface area (Å²) >= 11 is 0. The molecule has 0 aliphatic carbocycles. The Morgan fingerprint density at radius 3 is 3.00 bits per heavy atom. The molecule has 0 radical (unpaired) electrons. The molecule has 0 bridgehead atoms. The number of piperidine rings is 1. The van der Waals surface area contributed by atoms with Crippen molar-refractivity contribution in [1.82, 2.24) is 14.5 Å². The summed E-state index contributed by atoms with van der Waals surface area (Å²) in [5, 5.41) is 0. The van der Waals surface area contributed by atoms with Crippen LogP contribution in [0, 0.1) is 5.92 Å². The summed E-state index contributed by atoms with van der Waals surface area (Å²) in [6.45, 7) is 3.52. The Kier molecular flexibility index (Phi) is 4.16. The van der Waals surface area contributed by atoms with Crippen LogP contribution in [0.4, 0.5) is 0 Å². The van der Waals surface area contributed by atoms with Crippen LogP contribution in [-0.2, 0) is 20.0 Å². The molecule has 1 unspecified atom stereocenters. The van der Waals surface area contributed by atoms with Gasteiger partial charge in [-0.2, -0.15) is 0 Å². The average Bonchev–Trinajstić information content (AvgIpc) is 2.86. The molecule has 0 amide bonds. The zero-order valence-electron chi connectivity index (χ0n) is 12.2. The van der Waals surface area contributed by atoms with E-state index in [1.807, 2.05) is 18.5 Å². The van der Waals surface area contributed by atoms with Gasteiger partial charge in [-0.05, 0) is 55.5 Å². The molecule has 20 heavy (non-hydrogen) atoms. The first-order chi connectivity index (χ1) is 9.81. The van der Waals surface area contributed by atoms with Crippen LogP contribution in [-0.4, -0.2) is 27.5 Å². The summed E-state index contributed by atoms with van der Waals surface area (Å²) in [4.78, 5) is 6.82. The minimum atomic E-state index is 0.771. The summed E-state index contributed by atoms with van der Waals surface area (Å²) in [5.74, 6) is 0.771. The van der Waals surface area contributed by atoms with Crippen LogP contribution >= 0.6 is 0 Å². The van der Waals surface area contributed by atoms with E-state index in [-0.39, 0.29) is 0 Å². The van der Waals surface area contributed by atoms with E-state index in [4.69, 9.17) is 0 Å². The summed E-state index contributed by atoms with van der Waals surface area (Å²) in [5.41, 5.74) is 2.78. The van der Waals surface area contributed by atoms with Gasteiger partial charge in [-0.3, -0.25) is 9.88 Å². The Balaban J connectivity index is 1.58. The van der Waals surface area contributed by atoms with Crippen molar-refractivity contribution in [2.45, 2.75) is 25.8 Å². The fraction of sp³-hybridized carbons (Fsp3) is 0.471. The third-order valence-electron chi connectivity index (χ3n) is 4.29. The molecule has 1 aliphatic rings. The fourth-order valence-electron chi connectivity index (χ4n) is 3.20. The van der Waals surface area contributed by atoms with Crippen molar-refractivity contribution >= 4 is 0 Å². The minimum Gasteiger partial charge on any atom is -0.353 e. The Hall–Kier alpha value is -1.61. The van der Waals surface area contributed by atoms with Gasteiger partial charge in [-0.15, -0.1) is 0 Å². The molecule has 1 atom stereocenters. The molecular weight excluding hydrogens is 246 g/mol. The summed E-state index contributed by atoms with van der Waals surface area (Å²) < 4.78 is 2.23. The zero-order chi connectivity index (χ0) is 13.8. The second kappa shape index (κ2) is 6.23. The van der Waals surface area contributed by atoms with Crippen molar-refractivity contribution in [2.75, 3.05) is 13.1 Å². The normalized spacial score (nSPS) is 20.1. The van der Waals surface area contributed by atoms with Gasteiger partial charge in [-0.1, -0.05) is 6.07 Å². The zero-order valence-corrected chi connectivity index (χ0v) is 12.2. The SMILES string of the molecule is Cn1cccc1CN1CCCC(Cc2cccnc2)C1. The average molecular weight is 269 g/mol. The summed E-state index contributed by atoms with van der Waals surface area (Å²) in [6.07, 6.45) is 9.82. The number of aromatic nitrogens is 2. The van der Waals surface area contributed by atoms with E-state index in [1.165, 1.54) is 37.2 Å². The highest BCUT2D eigenvalue weighted by molar-refractivity contribution is 5.10. The quantitative estimate of drug-likeness (QED) is 0.851. The first-order valence-corrected chi connectivity index (χ1v) is 7.53. The van der Waals surface area contributed by atoms with Crippen LogP contribution in [0.1, 0.15) is 24.1 Å². The number of rotatable bonds is 4. The number of pyridine rings is 1. The van der Waals surface area contributed by atoms with Gasteiger partial charge in [0.1, 0.15) is 0 Å². The van der Waals surface area contributed by atoms with Gasteiger partial charge in [0.15, 0.2) is 0 Å². The molecule has 1 aliphatic heterocycles. The van der Waals surface area contributed by atoms with E-state index in [1.54, 1.807) is 0 Å². The highest BCUT2D eigenvalue weighted by Gasteiger charge is 2.20. The van der Waals surface area contributed by atoms with Crippen molar-refractivity contribution < 1.29 is 0 Å². The third-order valence-corrected chi connectivity index (χ3v) is 4.29. The van der Waals surface area contributed by atoms with E-state index < -0.39 is 0 Å². The van der Waals surface area contributed by atoms with Gasteiger partial charge in [-0.25, -0.2) is 0 Å². The maximum Gasteiger partial charge on any atom is 0.0387 e. The van der Waals surface area contributed by atoms with E-state index in [9.17, 15) is 0 Å². The lowest BCUT2D eigenvalue weighted by Crippen LogP contribution is -2.36. The Morgan fingerprint density at radius 1 is 1.30 bits per heavy atom. The van der Waals surface area contributed by atoms with Gasteiger partial charge in [0.25, 0.3) is 0 Å². The molecule has 1 saturated heterocycles. The van der Waals surface area contributed by atoms with Crippen LogP contribution in [0.25, 0.3) is 0 Å². The number of hydrogen-bond donors (Lipinski definition) is 0. The topological polar surface area (TPSA) is 21.1 Å². The Morgan fingerprint density at radius 2 is 2.25 bits per heavy atom. The maximum atomic E-state index is 4.22. The van der Waals surface area contributed by atoms with Crippen LogP contribution < -0.4 is 0 Å². The summed E-state index contributed by atoms with van der Waals surface area (Å²) in [6, 6.07) is 8.60. The van der Waals surface area contributed by atoms with Crippen molar-refractivity contribution in [1.29, 1.82) is 0 Å². The molecule has 106 valence electrons. The lowest BCUT2D eigenvalue weighted by molar-refractivity contribution is 0.164. The van der Waals surface area contributed by atoms with E-state index in [2.05, 4.69) is 45.9 Å². The molecule has 0 saturated carbocycles. The van der Waals surface area contributed by atoms with Gasteiger partial charge < -0.3 is 4.57 Å². The van der Waals surface area contributed by atoms with Crippen LogP contribution in [0.2, 0.25) is 0 Å². The van der Waals surface area contributed by atoms with Crippen molar-refractivity contribution in [3.63, 3.8) is 0 Å². The van der Waals surface area contributed by atoms with Gasteiger partial charge in [0.05, 0.1) is 0 Å². The van der Waals surface area contributed by atoms with E-state index in [0.29, 0.717) is 0 Å². The van der Waals surface area contributed by atoms with Crippen LogP contribution in [0.3, 0.4) is 0 Å². The van der Waals surface area contributed by atoms with Crippen LogP contribution in [0.15, 0.2) is 42.9 Å². The second-order valence-corrected chi connectivity index (χ2v) is 5.92. The number of likely N-dealkylation sites (tertiary alicyclic amines) is 1. The lowest BCUT2D eigenvalue weighted by atomic mass is 9.92. The number of nitrogens with zero attached hydrogens (tertiary/aromatic N) is 3. The predicted molar refractivity (Wildman–Crippen MR) is 81.4 cm³/mol. The molecule has 3 heterocycles. The highest BCUT2D eigenvalue weighted by atomic mass is 15.1. The van der Waals surface area contributed by atoms with Crippen molar-refractivity contribution in [3.05, 3.63) is 54.1 Å². The van der Waals surface area contributed by atoms with E-state index >= 15 is 0 Å². The second-order valence-electron chi connectivity index (χ2n) is 5.92. The van der Waals surface area contributed by atoms with Crippen molar-refractivity contribution in [3.8, 4) is 0 Å². The molecular formula is C17H23N3. The third kappa shape index (κ3) is 3.28. The smallest absolute Gasteiger partial charge is 0.0387 e. The first-order valence-electron chi connectivity index (χ1n) is 7.53. The monoisotopic (exact) mass is 269 g/mol. The molecule has 3 heteroatoms. The van der Waals surface area contributed by atoms with Crippen LogP contribution in [0.5, 0.6) is 0 Å². The first kappa shape index (κ1) is 13.4.